The molecule has 0 amide bonds. The summed E-state index contributed by atoms with van der Waals surface area (Å²) >= 11 is 0. The Bertz CT molecular complexity index is 407. The second-order valence-electron chi connectivity index (χ2n) is 4.29. The summed E-state index contributed by atoms with van der Waals surface area (Å²) in [6.45, 7) is 2.13. The van der Waals surface area contributed by atoms with Gasteiger partial charge in [0.05, 0.1) is 12.0 Å². The average molecular weight is 252 g/mol. The minimum atomic E-state index is -0.443. The molecule has 0 radical (unpaired) electrons. The van der Waals surface area contributed by atoms with Crippen molar-refractivity contribution in [2.45, 2.75) is 38.6 Å². The number of hydrogen-bond donors (Lipinski definition) is 1. The van der Waals surface area contributed by atoms with E-state index in [9.17, 15) is 10.1 Å². The number of nitro benzene ring substituents is 1. The smallest absolute Gasteiger partial charge is 0.311 e. The molecule has 0 bridgehead atoms. The van der Waals surface area contributed by atoms with Crippen molar-refractivity contribution in [1.29, 1.82) is 0 Å². The highest BCUT2D eigenvalue weighted by Gasteiger charge is 2.17. The van der Waals surface area contributed by atoms with Gasteiger partial charge in [0, 0.05) is 12.1 Å². The molecule has 1 aromatic carbocycles. The van der Waals surface area contributed by atoms with Crippen molar-refractivity contribution < 1.29 is 9.66 Å². The number of unbranched alkanes of at least 4 members (excludes halogenated alkanes) is 2. The quantitative estimate of drug-likeness (QED) is 0.459. The Hall–Kier alpha value is -1.62. The van der Waals surface area contributed by atoms with Gasteiger partial charge in [0.1, 0.15) is 0 Å². The van der Waals surface area contributed by atoms with Crippen molar-refractivity contribution in [2.24, 2.45) is 5.73 Å². The second-order valence-corrected chi connectivity index (χ2v) is 4.29. The second kappa shape index (κ2) is 6.96. The lowest BCUT2D eigenvalue weighted by atomic mass is 10.0. The van der Waals surface area contributed by atoms with Crippen LogP contribution in [0.1, 0.15) is 44.2 Å². The highest BCUT2D eigenvalue weighted by Crippen LogP contribution is 2.30. The van der Waals surface area contributed by atoms with Gasteiger partial charge in [-0.2, -0.15) is 0 Å². The molecule has 0 saturated carbocycles. The Morgan fingerprint density at radius 3 is 2.72 bits per heavy atom. The third kappa shape index (κ3) is 3.70. The average Bonchev–Trinajstić information content (AvgIpc) is 2.38. The van der Waals surface area contributed by atoms with E-state index >= 15 is 0 Å². The van der Waals surface area contributed by atoms with Gasteiger partial charge in [-0.05, 0) is 18.1 Å². The van der Waals surface area contributed by atoms with E-state index in [4.69, 9.17) is 10.5 Å². The third-order valence-corrected chi connectivity index (χ3v) is 2.95. The molecule has 0 aliphatic rings. The first-order valence-corrected chi connectivity index (χ1v) is 6.18. The summed E-state index contributed by atoms with van der Waals surface area (Å²) in [7, 11) is 1.42. The summed E-state index contributed by atoms with van der Waals surface area (Å²) in [5, 5.41) is 10.9. The molecular weight excluding hydrogens is 232 g/mol. The lowest BCUT2D eigenvalue weighted by molar-refractivity contribution is -0.385. The molecule has 100 valence electrons. The number of hydrogen-bond acceptors (Lipinski definition) is 4. The van der Waals surface area contributed by atoms with E-state index in [-0.39, 0.29) is 17.5 Å². The highest BCUT2D eigenvalue weighted by molar-refractivity contribution is 5.49. The van der Waals surface area contributed by atoms with Crippen LogP contribution in [0.2, 0.25) is 0 Å². The van der Waals surface area contributed by atoms with Gasteiger partial charge in [-0.3, -0.25) is 10.1 Å². The monoisotopic (exact) mass is 252 g/mol. The molecule has 0 unspecified atom stereocenters. The fourth-order valence-electron chi connectivity index (χ4n) is 1.86. The summed E-state index contributed by atoms with van der Waals surface area (Å²) in [5.41, 5.74) is 6.80. The molecule has 5 nitrogen and oxygen atoms in total. The molecule has 0 aliphatic heterocycles. The summed E-state index contributed by atoms with van der Waals surface area (Å²) in [6.07, 6.45) is 4.15. The third-order valence-electron chi connectivity index (χ3n) is 2.95. The van der Waals surface area contributed by atoms with Crippen LogP contribution in [0, 0.1) is 10.1 Å². The van der Waals surface area contributed by atoms with Crippen molar-refractivity contribution >= 4 is 5.69 Å². The topological polar surface area (TPSA) is 78.4 Å². The van der Waals surface area contributed by atoms with E-state index < -0.39 is 4.92 Å². The van der Waals surface area contributed by atoms with Crippen LogP contribution in [0.25, 0.3) is 0 Å². The van der Waals surface area contributed by atoms with Gasteiger partial charge in [0.2, 0.25) is 0 Å². The Morgan fingerprint density at radius 1 is 1.44 bits per heavy atom. The minimum Gasteiger partial charge on any atom is -0.490 e. The summed E-state index contributed by atoms with van der Waals surface area (Å²) in [4.78, 5) is 10.5. The molecule has 0 fully saturated rings. The van der Waals surface area contributed by atoms with Gasteiger partial charge in [-0.25, -0.2) is 0 Å². The molecule has 5 heteroatoms. The fourth-order valence-corrected chi connectivity index (χ4v) is 1.86. The first-order valence-electron chi connectivity index (χ1n) is 6.18. The Labute approximate surface area is 107 Å². The molecule has 0 spiro atoms. The first-order chi connectivity index (χ1) is 8.60. The van der Waals surface area contributed by atoms with E-state index in [0.717, 1.165) is 31.2 Å². The van der Waals surface area contributed by atoms with E-state index in [1.165, 1.54) is 13.2 Å². The van der Waals surface area contributed by atoms with Crippen LogP contribution in [0.4, 0.5) is 5.69 Å². The van der Waals surface area contributed by atoms with Crippen molar-refractivity contribution in [3.8, 4) is 5.75 Å². The minimum absolute atomic E-state index is 0.0269. The van der Waals surface area contributed by atoms with E-state index in [1.807, 2.05) is 0 Å². The number of methoxy groups -OCH3 is 1. The van der Waals surface area contributed by atoms with Gasteiger partial charge in [-0.1, -0.05) is 32.3 Å². The lowest BCUT2D eigenvalue weighted by Gasteiger charge is -2.12. The summed E-state index contributed by atoms with van der Waals surface area (Å²) in [6, 6.07) is 4.76. The molecule has 2 N–H and O–H groups in total. The lowest BCUT2D eigenvalue weighted by Crippen LogP contribution is -2.10. The largest absolute Gasteiger partial charge is 0.490 e. The fraction of sp³-hybridized carbons (Fsp3) is 0.538. The van der Waals surface area contributed by atoms with Gasteiger partial charge in [-0.15, -0.1) is 0 Å². The molecule has 18 heavy (non-hydrogen) atoms. The zero-order valence-corrected chi connectivity index (χ0v) is 10.9. The van der Waals surface area contributed by atoms with E-state index in [2.05, 4.69) is 6.92 Å². The van der Waals surface area contributed by atoms with Crippen molar-refractivity contribution in [3.63, 3.8) is 0 Å². The van der Waals surface area contributed by atoms with E-state index in [1.54, 1.807) is 12.1 Å². The predicted octanol–water partition coefficient (Wildman–Crippen LogP) is 3.18. The normalized spacial score (nSPS) is 12.2. The van der Waals surface area contributed by atoms with Crippen LogP contribution in [0.3, 0.4) is 0 Å². The summed E-state index contributed by atoms with van der Waals surface area (Å²) in [5.74, 6) is 0.268. The Kier molecular flexibility index (Phi) is 5.58. The van der Waals surface area contributed by atoms with Gasteiger partial charge < -0.3 is 10.5 Å². The Balaban J connectivity index is 2.83. The van der Waals surface area contributed by atoms with Gasteiger partial charge in [0.25, 0.3) is 0 Å². The molecule has 0 heterocycles. The molecule has 0 saturated heterocycles. The molecule has 1 atom stereocenters. The van der Waals surface area contributed by atoms with Crippen molar-refractivity contribution in [3.05, 3.63) is 33.9 Å². The van der Waals surface area contributed by atoms with Crippen LogP contribution < -0.4 is 10.5 Å². The number of benzene rings is 1. The molecule has 1 rings (SSSR count). The zero-order valence-electron chi connectivity index (χ0n) is 10.9. The summed E-state index contributed by atoms with van der Waals surface area (Å²) < 4.78 is 4.96. The van der Waals surface area contributed by atoms with Crippen LogP contribution >= 0.6 is 0 Å². The molecular formula is C13H20N2O3. The maximum atomic E-state index is 10.9. The van der Waals surface area contributed by atoms with Gasteiger partial charge >= 0.3 is 5.69 Å². The van der Waals surface area contributed by atoms with Crippen LogP contribution in [0.15, 0.2) is 18.2 Å². The number of nitrogens with two attached hydrogens (primary N) is 1. The van der Waals surface area contributed by atoms with Crippen LogP contribution in [-0.2, 0) is 0 Å². The van der Waals surface area contributed by atoms with Gasteiger partial charge in [0.15, 0.2) is 5.75 Å². The molecule has 1 aromatic rings. The number of nitro groups is 1. The highest BCUT2D eigenvalue weighted by atomic mass is 16.6. The standard InChI is InChI=1S/C13H20N2O3/c1-3-4-5-6-11(14)10-7-8-13(18-2)12(9-10)15(16)17/h7-9,11H,3-6,14H2,1-2H3/t11-/m1/s1. The van der Waals surface area contributed by atoms with E-state index in [0.29, 0.717) is 0 Å². The Morgan fingerprint density at radius 2 is 2.17 bits per heavy atom. The number of rotatable bonds is 7. The van der Waals surface area contributed by atoms with Crippen LogP contribution in [0.5, 0.6) is 5.75 Å². The molecule has 0 aliphatic carbocycles. The zero-order chi connectivity index (χ0) is 13.5. The maximum Gasteiger partial charge on any atom is 0.311 e. The molecule has 0 aromatic heterocycles. The van der Waals surface area contributed by atoms with Crippen molar-refractivity contribution in [1.82, 2.24) is 0 Å². The number of ether oxygens (including phenoxy) is 1. The predicted molar refractivity (Wildman–Crippen MR) is 70.7 cm³/mol. The SMILES string of the molecule is CCCCC[C@@H](N)c1ccc(OC)c([N+](=O)[O-])c1. The van der Waals surface area contributed by atoms with Crippen molar-refractivity contribution in [2.75, 3.05) is 7.11 Å². The number of nitrogens with zero attached hydrogens (tertiary/aromatic N) is 1. The maximum absolute atomic E-state index is 10.9. The van der Waals surface area contributed by atoms with Crippen LogP contribution in [-0.4, -0.2) is 12.0 Å². The first kappa shape index (κ1) is 14.4.